The second kappa shape index (κ2) is 5.18. The molecule has 2 aromatic carbocycles. The highest BCUT2D eigenvalue weighted by Crippen LogP contribution is 2.18. The van der Waals surface area contributed by atoms with Gasteiger partial charge in [0.15, 0.2) is 0 Å². The maximum absolute atomic E-state index is 8.80. The summed E-state index contributed by atoms with van der Waals surface area (Å²) in [5, 5.41) is 8.80. The van der Waals surface area contributed by atoms with E-state index in [9.17, 15) is 0 Å². The molecule has 0 heterocycles. The predicted octanol–water partition coefficient (Wildman–Crippen LogP) is 3.45. The topological polar surface area (TPSA) is 33.0 Å². The van der Waals surface area contributed by atoms with Crippen LogP contribution in [0.15, 0.2) is 48.5 Å². The quantitative estimate of drug-likeness (QED) is 0.798. The third kappa shape index (κ3) is 2.85. The summed E-state index contributed by atoms with van der Waals surface area (Å²) in [6.45, 7) is 2.50. The van der Waals surface area contributed by atoms with Gasteiger partial charge in [0.1, 0.15) is 12.4 Å². The highest BCUT2D eigenvalue weighted by atomic mass is 16.5. The zero-order valence-electron chi connectivity index (χ0n) is 9.68. The summed E-state index contributed by atoms with van der Waals surface area (Å²) in [7, 11) is 0. The molecule has 2 aromatic rings. The van der Waals surface area contributed by atoms with Crippen LogP contribution in [0.25, 0.3) is 0 Å². The first-order valence-electron chi connectivity index (χ1n) is 5.47. The van der Waals surface area contributed by atoms with Crippen LogP contribution < -0.4 is 4.74 Å². The Kier molecular flexibility index (Phi) is 3.42. The summed E-state index contributed by atoms with van der Waals surface area (Å²) in [5.41, 5.74) is 2.78. The zero-order chi connectivity index (χ0) is 12.1. The molecule has 0 aromatic heterocycles. The van der Waals surface area contributed by atoms with Crippen LogP contribution in [0.3, 0.4) is 0 Å². The summed E-state index contributed by atoms with van der Waals surface area (Å²) < 4.78 is 5.71. The molecule has 0 spiro atoms. The van der Waals surface area contributed by atoms with Crippen molar-refractivity contribution < 1.29 is 4.74 Å². The Balaban J connectivity index is 2.08. The molecular weight excluding hydrogens is 210 g/mol. The molecular formula is C15H13NO. The van der Waals surface area contributed by atoms with Gasteiger partial charge in [0.2, 0.25) is 0 Å². The van der Waals surface area contributed by atoms with Crippen molar-refractivity contribution in [1.82, 2.24) is 0 Å². The van der Waals surface area contributed by atoms with E-state index < -0.39 is 0 Å². The van der Waals surface area contributed by atoms with E-state index in [0.717, 1.165) is 16.9 Å². The number of nitriles is 1. The molecule has 0 saturated carbocycles. The third-order valence-corrected chi connectivity index (χ3v) is 2.54. The monoisotopic (exact) mass is 223 g/mol. The molecule has 0 aliphatic rings. The molecule has 0 bridgehead atoms. The van der Waals surface area contributed by atoms with Crippen LogP contribution >= 0.6 is 0 Å². The lowest BCUT2D eigenvalue weighted by molar-refractivity contribution is 0.304. The van der Waals surface area contributed by atoms with Crippen molar-refractivity contribution in [2.45, 2.75) is 13.5 Å². The molecule has 0 saturated heterocycles. The van der Waals surface area contributed by atoms with E-state index in [1.165, 1.54) is 0 Å². The average molecular weight is 223 g/mol. The fraction of sp³-hybridized carbons (Fsp3) is 0.133. The summed E-state index contributed by atoms with van der Waals surface area (Å²) in [4.78, 5) is 0. The van der Waals surface area contributed by atoms with Crippen molar-refractivity contribution in [3.8, 4) is 11.8 Å². The number of aryl methyl sites for hydroxylation is 1. The van der Waals surface area contributed by atoms with Crippen LogP contribution in [0.2, 0.25) is 0 Å². The van der Waals surface area contributed by atoms with E-state index in [1.54, 1.807) is 6.07 Å². The highest BCUT2D eigenvalue weighted by Gasteiger charge is 1.99. The van der Waals surface area contributed by atoms with Gasteiger partial charge >= 0.3 is 0 Å². The van der Waals surface area contributed by atoms with Gasteiger partial charge < -0.3 is 4.74 Å². The first-order chi connectivity index (χ1) is 8.29. The van der Waals surface area contributed by atoms with Crippen molar-refractivity contribution >= 4 is 0 Å². The smallest absolute Gasteiger partial charge is 0.122 e. The molecule has 0 atom stereocenters. The van der Waals surface area contributed by atoms with E-state index in [1.807, 2.05) is 49.4 Å². The molecule has 0 N–H and O–H groups in total. The van der Waals surface area contributed by atoms with Gasteiger partial charge in [0.05, 0.1) is 11.6 Å². The number of rotatable bonds is 3. The number of para-hydroxylation sites is 1. The zero-order valence-corrected chi connectivity index (χ0v) is 9.68. The van der Waals surface area contributed by atoms with Gasteiger partial charge in [-0.25, -0.2) is 0 Å². The van der Waals surface area contributed by atoms with Crippen molar-refractivity contribution in [2.24, 2.45) is 0 Å². The summed E-state index contributed by atoms with van der Waals surface area (Å²) in [6.07, 6.45) is 0. The number of ether oxygens (including phenoxy) is 1. The molecule has 0 fully saturated rings. The van der Waals surface area contributed by atoms with E-state index in [2.05, 4.69) is 6.07 Å². The molecule has 2 heteroatoms. The van der Waals surface area contributed by atoms with Crippen molar-refractivity contribution in [3.63, 3.8) is 0 Å². The van der Waals surface area contributed by atoms with Gasteiger partial charge in [-0.05, 0) is 36.2 Å². The lowest BCUT2D eigenvalue weighted by Gasteiger charge is -2.08. The van der Waals surface area contributed by atoms with Crippen LogP contribution in [0.4, 0.5) is 0 Å². The highest BCUT2D eigenvalue weighted by molar-refractivity contribution is 5.34. The minimum atomic E-state index is 0.486. The molecule has 0 unspecified atom stereocenters. The lowest BCUT2D eigenvalue weighted by atomic mass is 10.1. The van der Waals surface area contributed by atoms with Gasteiger partial charge in [0.25, 0.3) is 0 Å². The number of hydrogen-bond donors (Lipinski definition) is 0. The fourth-order valence-electron chi connectivity index (χ4n) is 1.61. The summed E-state index contributed by atoms with van der Waals surface area (Å²) in [5.74, 6) is 0.884. The molecule has 0 radical (unpaired) electrons. The molecule has 2 rings (SSSR count). The largest absolute Gasteiger partial charge is 0.489 e. The second-order valence-corrected chi connectivity index (χ2v) is 3.87. The van der Waals surface area contributed by atoms with E-state index in [-0.39, 0.29) is 0 Å². The van der Waals surface area contributed by atoms with E-state index >= 15 is 0 Å². The first-order valence-corrected chi connectivity index (χ1v) is 5.47. The second-order valence-electron chi connectivity index (χ2n) is 3.87. The molecule has 0 aliphatic carbocycles. The van der Waals surface area contributed by atoms with E-state index in [0.29, 0.717) is 12.2 Å². The third-order valence-electron chi connectivity index (χ3n) is 2.54. The minimum Gasteiger partial charge on any atom is -0.489 e. The van der Waals surface area contributed by atoms with Crippen LogP contribution in [-0.2, 0) is 6.61 Å². The summed E-state index contributed by atoms with van der Waals surface area (Å²) in [6, 6.07) is 17.5. The maximum Gasteiger partial charge on any atom is 0.122 e. The van der Waals surface area contributed by atoms with Crippen molar-refractivity contribution in [2.75, 3.05) is 0 Å². The van der Waals surface area contributed by atoms with Crippen LogP contribution in [-0.4, -0.2) is 0 Å². The maximum atomic E-state index is 8.80. The molecule has 0 amide bonds. The van der Waals surface area contributed by atoms with Gasteiger partial charge in [0, 0.05) is 0 Å². The Morgan fingerprint density at radius 3 is 2.71 bits per heavy atom. The Hall–Kier alpha value is -2.27. The Labute approximate surface area is 101 Å². The first kappa shape index (κ1) is 11.2. The fourth-order valence-corrected chi connectivity index (χ4v) is 1.61. The predicted molar refractivity (Wildman–Crippen MR) is 66.7 cm³/mol. The SMILES string of the molecule is Cc1ccccc1OCc1cccc(C#N)c1. The summed E-state index contributed by atoms with van der Waals surface area (Å²) >= 11 is 0. The number of benzene rings is 2. The van der Waals surface area contributed by atoms with Crippen LogP contribution in [0, 0.1) is 18.3 Å². The van der Waals surface area contributed by atoms with Gasteiger partial charge in [-0.3, -0.25) is 0 Å². The average Bonchev–Trinajstić information content (AvgIpc) is 2.38. The normalized spacial score (nSPS) is 9.65. The number of nitrogens with zero attached hydrogens (tertiary/aromatic N) is 1. The van der Waals surface area contributed by atoms with Crippen LogP contribution in [0.1, 0.15) is 16.7 Å². The van der Waals surface area contributed by atoms with Crippen molar-refractivity contribution in [3.05, 3.63) is 65.2 Å². The van der Waals surface area contributed by atoms with Crippen LogP contribution in [0.5, 0.6) is 5.75 Å². The Morgan fingerprint density at radius 1 is 1.12 bits per heavy atom. The molecule has 84 valence electrons. The minimum absolute atomic E-state index is 0.486. The Morgan fingerprint density at radius 2 is 1.94 bits per heavy atom. The van der Waals surface area contributed by atoms with Crippen molar-refractivity contribution in [1.29, 1.82) is 5.26 Å². The molecule has 0 aliphatic heterocycles. The van der Waals surface area contributed by atoms with Gasteiger partial charge in [-0.15, -0.1) is 0 Å². The van der Waals surface area contributed by atoms with E-state index in [4.69, 9.17) is 10.00 Å². The molecule has 2 nitrogen and oxygen atoms in total. The lowest BCUT2D eigenvalue weighted by Crippen LogP contribution is -1.97. The van der Waals surface area contributed by atoms with Gasteiger partial charge in [-0.2, -0.15) is 5.26 Å². The van der Waals surface area contributed by atoms with Gasteiger partial charge in [-0.1, -0.05) is 30.3 Å². The number of hydrogen-bond acceptors (Lipinski definition) is 2. The Bertz CT molecular complexity index is 555. The molecule has 17 heavy (non-hydrogen) atoms. The standard InChI is InChI=1S/C15H13NO/c1-12-5-2-3-8-15(12)17-11-14-7-4-6-13(9-14)10-16/h2-9H,11H2,1H3.